The van der Waals surface area contributed by atoms with Gasteiger partial charge in [-0.3, -0.25) is 14.5 Å². The maximum Gasteiger partial charge on any atom is 0.229 e. The van der Waals surface area contributed by atoms with E-state index in [0.717, 1.165) is 36.9 Å². The molecule has 0 saturated carbocycles. The van der Waals surface area contributed by atoms with Gasteiger partial charge in [-0.15, -0.1) is 0 Å². The summed E-state index contributed by atoms with van der Waals surface area (Å²) < 4.78 is 2.03. The minimum atomic E-state index is 0.0555. The van der Waals surface area contributed by atoms with Crippen molar-refractivity contribution >= 4 is 17.6 Å². The Morgan fingerprint density at radius 2 is 2.07 bits per heavy atom. The van der Waals surface area contributed by atoms with Gasteiger partial charge in [-0.25, -0.2) is 0 Å². The van der Waals surface area contributed by atoms with Crippen molar-refractivity contribution in [3.8, 4) is 0 Å². The molecule has 1 amide bonds. The van der Waals surface area contributed by atoms with Crippen LogP contribution in [0.15, 0.2) is 41.4 Å². The van der Waals surface area contributed by atoms with Crippen LogP contribution in [-0.4, -0.2) is 47.8 Å². The van der Waals surface area contributed by atoms with Crippen molar-refractivity contribution in [1.82, 2.24) is 20.4 Å². The van der Waals surface area contributed by atoms with Gasteiger partial charge in [0, 0.05) is 44.5 Å². The quantitative estimate of drug-likeness (QED) is 0.464. The molecular formula is C20H28N6O. The van der Waals surface area contributed by atoms with Gasteiger partial charge in [0.2, 0.25) is 5.91 Å². The Morgan fingerprint density at radius 1 is 1.30 bits per heavy atom. The maximum atomic E-state index is 12.3. The highest BCUT2D eigenvalue weighted by Gasteiger charge is 2.30. The minimum Gasteiger partial charge on any atom is -0.356 e. The number of amides is 1. The first-order valence-corrected chi connectivity index (χ1v) is 9.40. The molecule has 1 aliphatic rings. The van der Waals surface area contributed by atoms with Gasteiger partial charge in [0.15, 0.2) is 5.96 Å². The first kappa shape index (κ1) is 18.9. The number of rotatable bonds is 6. The Labute approximate surface area is 160 Å². The van der Waals surface area contributed by atoms with Crippen molar-refractivity contribution in [3.05, 3.63) is 47.8 Å². The monoisotopic (exact) mass is 368 g/mol. The standard InChI is InChI=1S/C20H28N6O/c1-15-12-16(2)26(24-15)11-7-10-22-20(21-3)23-17-13-19(27)25(14-17)18-8-5-4-6-9-18/h4-6,8-9,12,17H,7,10-11,13-14H2,1-3H3,(H2,21,22,23). The molecule has 1 saturated heterocycles. The third kappa shape index (κ3) is 4.87. The Hall–Kier alpha value is -2.83. The molecule has 1 aromatic carbocycles. The Bertz CT molecular complexity index is 798. The number of para-hydroxylation sites is 1. The highest BCUT2D eigenvalue weighted by Crippen LogP contribution is 2.20. The van der Waals surface area contributed by atoms with Crippen LogP contribution in [0.2, 0.25) is 0 Å². The van der Waals surface area contributed by atoms with Crippen LogP contribution in [0.4, 0.5) is 5.69 Å². The van der Waals surface area contributed by atoms with E-state index < -0.39 is 0 Å². The van der Waals surface area contributed by atoms with Gasteiger partial charge < -0.3 is 15.5 Å². The van der Waals surface area contributed by atoms with E-state index in [0.29, 0.717) is 13.0 Å². The number of aryl methyl sites for hydroxylation is 3. The van der Waals surface area contributed by atoms with Gasteiger partial charge in [-0.1, -0.05) is 18.2 Å². The van der Waals surface area contributed by atoms with Crippen LogP contribution in [0.25, 0.3) is 0 Å². The van der Waals surface area contributed by atoms with Crippen molar-refractivity contribution in [1.29, 1.82) is 0 Å². The van der Waals surface area contributed by atoms with Crippen LogP contribution in [0.3, 0.4) is 0 Å². The number of benzene rings is 1. The number of aliphatic imine (C=N–C) groups is 1. The minimum absolute atomic E-state index is 0.0555. The molecule has 2 aromatic rings. The van der Waals surface area contributed by atoms with E-state index in [-0.39, 0.29) is 11.9 Å². The van der Waals surface area contributed by atoms with E-state index in [9.17, 15) is 4.79 Å². The molecule has 3 rings (SSSR count). The summed E-state index contributed by atoms with van der Waals surface area (Å²) in [6.07, 6.45) is 1.42. The molecule has 1 unspecified atom stereocenters. The molecular weight excluding hydrogens is 340 g/mol. The number of nitrogens with one attached hydrogen (secondary N) is 2. The molecule has 144 valence electrons. The number of aromatic nitrogens is 2. The SMILES string of the molecule is CN=C(NCCCn1nc(C)cc1C)NC1CC(=O)N(c2ccccc2)C1. The zero-order chi connectivity index (χ0) is 19.2. The third-order valence-electron chi connectivity index (χ3n) is 4.70. The van der Waals surface area contributed by atoms with Crippen LogP contribution in [0.5, 0.6) is 0 Å². The predicted octanol–water partition coefficient (Wildman–Crippen LogP) is 1.86. The van der Waals surface area contributed by atoms with E-state index >= 15 is 0 Å². The highest BCUT2D eigenvalue weighted by molar-refractivity contribution is 5.97. The molecule has 7 nitrogen and oxygen atoms in total. The van der Waals surface area contributed by atoms with Crippen LogP contribution in [-0.2, 0) is 11.3 Å². The fourth-order valence-electron chi connectivity index (χ4n) is 3.39. The number of anilines is 1. The fraction of sp³-hybridized carbons (Fsp3) is 0.450. The predicted molar refractivity (Wildman–Crippen MR) is 108 cm³/mol. The molecule has 1 aliphatic heterocycles. The average Bonchev–Trinajstić information content (AvgIpc) is 3.19. The lowest BCUT2D eigenvalue weighted by molar-refractivity contribution is -0.117. The molecule has 0 radical (unpaired) electrons. The second-order valence-electron chi connectivity index (χ2n) is 6.89. The van der Waals surface area contributed by atoms with E-state index in [1.54, 1.807) is 7.05 Å². The summed E-state index contributed by atoms with van der Waals surface area (Å²) in [6, 6.07) is 11.9. The Balaban J connectivity index is 1.45. The van der Waals surface area contributed by atoms with Gasteiger partial charge in [-0.2, -0.15) is 5.10 Å². The summed E-state index contributed by atoms with van der Waals surface area (Å²) in [5.41, 5.74) is 3.17. The Morgan fingerprint density at radius 3 is 2.74 bits per heavy atom. The number of carbonyl (C=O) groups excluding carboxylic acids is 1. The summed E-state index contributed by atoms with van der Waals surface area (Å²) in [5.74, 6) is 0.870. The van der Waals surface area contributed by atoms with Gasteiger partial charge in [0.05, 0.1) is 11.7 Å². The smallest absolute Gasteiger partial charge is 0.229 e. The molecule has 1 aromatic heterocycles. The molecule has 2 heterocycles. The lowest BCUT2D eigenvalue weighted by atomic mass is 10.2. The number of hydrogen-bond acceptors (Lipinski definition) is 3. The summed E-state index contributed by atoms with van der Waals surface area (Å²) >= 11 is 0. The van der Waals surface area contributed by atoms with E-state index in [4.69, 9.17) is 0 Å². The van der Waals surface area contributed by atoms with Crippen molar-refractivity contribution in [2.24, 2.45) is 4.99 Å². The molecule has 1 fully saturated rings. The number of nitrogens with zero attached hydrogens (tertiary/aromatic N) is 4. The lowest BCUT2D eigenvalue weighted by Gasteiger charge is -2.19. The lowest BCUT2D eigenvalue weighted by Crippen LogP contribution is -2.45. The first-order valence-electron chi connectivity index (χ1n) is 9.40. The van der Waals surface area contributed by atoms with Crippen molar-refractivity contribution in [2.45, 2.75) is 39.3 Å². The first-order chi connectivity index (χ1) is 13.1. The summed E-state index contributed by atoms with van der Waals surface area (Å²) in [4.78, 5) is 18.4. The number of carbonyl (C=O) groups is 1. The zero-order valence-electron chi connectivity index (χ0n) is 16.3. The molecule has 27 heavy (non-hydrogen) atoms. The molecule has 0 bridgehead atoms. The van der Waals surface area contributed by atoms with Crippen molar-refractivity contribution in [3.63, 3.8) is 0 Å². The number of hydrogen-bond donors (Lipinski definition) is 2. The van der Waals surface area contributed by atoms with Gasteiger partial charge in [0.1, 0.15) is 0 Å². The summed E-state index contributed by atoms with van der Waals surface area (Å²) in [5, 5.41) is 11.2. The van der Waals surface area contributed by atoms with E-state index in [2.05, 4.69) is 33.7 Å². The van der Waals surface area contributed by atoms with Crippen molar-refractivity contribution in [2.75, 3.05) is 25.0 Å². The second-order valence-corrected chi connectivity index (χ2v) is 6.89. The van der Waals surface area contributed by atoms with Gasteiger partial charge in [0.25, 0.3) is 0 Å². The van der Waals surface area contributed by atoms with Crippen LogP contribution in [0, 0.1) is 13.8 Å². The number of guanidine groups is 1. The molecule has 1 atom stereocenters. The Kier molecular flexibility index (Phi) is 6.11. The second kappa shape index (κ2) is 8.70. The average molecular weight is 368 g/mol. The topological polar surface area (TPSA) is 74.5 Å². The van der Waals surface area contributed by atoms with Crippen LogP contribution >= 0.6 is 0 Å². The van der Waals surface area contributed by atoms with Crippen molar-refractivity contribution < 1.29 is 4.79 Å². The molecule has 0 aliphatic carbocycles. The van der Waals surface area contributed by atoms with Crippen LogP contribution in [0.1, 0.15) is 24.2 Å². The van der Waals surface area contributed by atoms with E-state index in [1.807, 2.05) is 46.8 Å². The van der Waals surface area contributed by atoms with Gasteiger partial charge in [-0.05, 0) is 38.5 Å². The normalized spacial score (nSPS) is 17.4. The fourth-order valence-corrected chi connectivity index (χ4v) is 3.39. The third-order valence-corrected chi connectivity index (χ3v) is 4.70. The largest absolute Gasteiger partial charge is 0.356 e. The summed E-state index contributed by atoms with van der Waals surface area (Å²) in [7, 11) is 1.75. The highest BCUT2D eigenvalue weighted by atomic mass is 16.2. The molecule has 7 heteroatoms. The summed E-state index contributed by atoms with van der Waals surface area (Å²) in [6.45, 7) is 6.39. The maximum absolute atomic E-state index is 12.3. The van der Waals surface area contributed by atoms with Crippen LogP contribution < -0.4 is 15.5 Å². The molecule has 2 N–H and O–H groups in total. The van der Waals surface area contributed by atoms with E-state index in [1.165, 1.54) is 5.69 Å². The molecule has 0 spiro atoms. The zero-order valence-corrected chi connectivity index (χ0v) is 16.3. The van der Waals surface area contributed by atoms with Gasteiger partial charge >= 0.3 is 0 Å².